The van der Waals surface area contributed by atoms with Gasteiger partial charge in [-0.25, -0.2) is 9.78 Å². The summed E-state index contributed by atoms with van der Waals surface area (Å²) in [5.74, 6) is 0.0946. The third-order valence-corrected chi connectivity index (χ3v) is 3.28. The lowest BCUT2D eigenvalue weighted by Crippen LogP contribution is -2.09. The Labute approximate surface area is 111 Å². The predicted octanol–water partition coefficient (Wildman–Crippen LogP) is 2.81. The maximum absolute atomic E-state index is 11.8. The summed E-state index contributed by atoms with van der Waals surface area (Å²) in [4.78, 5) is 20.4. The van der Waals surface area contributed by atoms with E-state index in [-0.39, 0.29) is 5.97 Å². The Morgan fingerprint density at radius 3 is 2.79 bits per heavy atom. The quantitative estimate of drug-likeness (QED) is 0.790. The van der Waals surface area contributed by atoms with E-state index in [0.717, 1.165) is 29.7 Å². The van der Waals surface area contributed by atoms with E-state index < -0.39 is 0 Å². The number of esters is 1. The van der Waals surface area contributed by atoms with Crippen LogP contribution in [-0.2, 0) is 4.74 Å². The fourth-order valence-corrected chi connectivity index (χ4v) is 2.13. The van der Waals surface area contributed by atoms with Crippen molar-refractivity contribution in [1.82, 2.24) is 9.97 Å². The van der Waals surface area contributed by atoms with Gasteiger partial charge in [0.2, 0.25) is 0 Å². The minimum Gasteiger partial charge on any atom is -0.464 e. The Balaban J connectivity index is 2.06. The highest BCUT2D eigenvalue weighted by molar-refractivity contribution is 5.90. The number of methoxy groups -OCH3 is 1. The SMILES string of the molecule is COC(=O)c1nc(-c2cccnc2)ccc1C1CC1. The molecule has 0 saturated heterocycles. The summed E-state index contributed by atoms with van der Waals surface area (Å²) in [6, 6.07) is 7.70. The average Bonchev–Trinajstić information content (AvgIpc) is 3.31. The molecule has 4 heteroatoms. The molecule has 0 spiro atoms. The molecule has 2 aromatic heterocycles. The number of nitrogens with zero attached hydrogens (tertiary/aromatic N) is 2. The highest BCUT2D eigenvalue weighted by Gasteiger charge is 2.29. The van der Waals surface area contributed by atoms with Gasteiger partial charge in [-0.15, -0.1) is 0 Å². The van der Waals surface area contributed by atoms with Crippen molar-refractivity contribution in [2.45, 2.75) is 18.8 Å². The third kappa shape index (κ3) is 2.34. The van der Waals surface area contributed by atoms with Gasteiger partial charge in [0.05, 0.1) is 12.8 Å². The van der Waals surface area contributed by atoms with Crippen molar-refractivity contribution < 1.29 is 9.53 Å². The van der Waals surface area contributed by atoms with Crippen molar-refractivity contribution in [1.29, 1.82) is 0 Å². The molecular weight excluding hydrogens is 240 g/mol. The summed E-state index contributed by atoms with van der Waals surface area (Å²) in [6.45, 7) is 0. The minimum absolute atomic E-state index is 0.368. The summed E-state index contributed by atoms with van der Waals surface area (Å²) in [6.07, 6.45) is 5.69. The highest BCUT2D eigenvalue weighted by atomic mass is 16.5. The molecule has 1 saturated carbocycles. The molecule has 2 aromatic rings. The molecule has 1 fully saturated rings. The normalized spacial score (nSPS) is 14.2. The van der Waals surface area contributed by atoms with Crippen molar-refractivity contribution >= 4 is 5.97 Å². The summed E-state index contributed by atoms with van der Waals surface area (Å²) in [5, 5.41) is 0. The van der Waals surface area contributed by atoms with E-state index in [1.165, 1.54) is 7.11 Å². The van der Waals surface area contributed by atoms with Crippen LogP contribution in [0.3, 0.4) is 0 Å². The van der Waals surface area contributed by atoms with E-state index >= 15 is 0 Å². The number of ether oxygens (including phenoxy) is 1. The van der Waals surface area contributed by atoms with E-state index in [1.807, 2.05) is 24.3 Å². The van der Waals surface area contributed by atoms with Crippen LogP contribution in [-0.4, -0.2) is 23.0 Å². The Morgan fingerprint density at radius 1 is 1.32 bits per heavy atom. The molecule has 0 N–H and O–H groups in total. The van der Waals surface area contributed by atoms with Crippen molar-refractivity contribution in [3.63, 3.8) is 0 Å². The van der Waals surface area contributed by atoms with Crippen molar-refractivity contribution in [2.24, 2.45) is 0 Å². The van der Waals surface area contributed by atoms with Crippen LogP contribution in [0.5, 0.6) is 0 Å². The van der Waals surface area contributed by atoms with Crippen LogP contribution in [0.25, 0.3) is 11.3 Å². The van der Waals surface area contributed by atoms with E-state index in [4.69, 9.17) is 4.74 Å². The predicted molar refractivity (Wildman–Crippen MR) is 70.8 cm³/mol. The zero-order valence-electron chi connectivity index (χ0n) is 10.7. The van der Waals surface area contributed by atoms with Crippen LogP contribution in [0.4, 0.5) is 0 Å². The summed E-state index contributed by atoms with van der Waals surface area (Å²) >= 11 is 0. The minimum atomic E-state index is -0.368. The molecular formula is C15H14N2O2. The van der Waals surface area contributed by atoms with Gasteiger partial charge in [0.25, 0.3) is 0 Å². The van der Waals surface area contributed by atoms with Gasteiger partial charge in [0, 0.05) is 18.0 Å². The second kappa shape index (κ2) is 4.80. The maximum Gasteiger partial charge on any atom is 0.356 e. The number of hydrogen-bond acceptors (Lipinski definition) is 4. The maximum atomic E-state index is 11.8. The monoisotopic (exact) mass is 254 g/mol. The molecule has 96 valence electrons. The Hall–Kier alpha value is -2.23. The van der Waals surface area contributed by atoms with Crippen molar-refractivity contribution in [2.75, 3.05) is 7.11 Å². The first-order chi connectivity index (χ1) is 9.29. The second-order valence-electron chi connectivity index (χ2n) is 4.64. The molecule has 1 aliphatic rings. The summed E-state index contributed by atoms with van der Waals surface area (Å²) < 4.78 is 4.83. The zero-order chi connectivity index (χ0) is 13.2. The number of aromatic nitrogens is 2. The number of hydrogen-bond donors (Lipinski definition) is 0. The Bertz CT molecular complexity index is 607. The molecule has 0 bridgehead atoms. The Kier molecular flexibility index (Phi) is 2.99. The van der Waals surface area contributed by atoms with Crippen LogP contribution >= 0.6 is 0 Å². The fraction of sp³-hybridized carbons (Fsp3) is 0.267. The first-order valence-electron chi connectivity index (χ1n) is 6.29. The van der Waals surface area contributed by atoms with Crippen LogP contribution < -0.4 is 0 Å². The van der Waals surface area contributed by atoms with Gasteiger partial charge in [0.1, 0.15) is 0 Å². The van der Waals surface area contributed by atoms with E-state index in [1.54, 1.807) is 12.4 Å². The lowest BCUT2D eigenvalue weighted by molar-refractivity contribution is 0.0592. The number of carbonyl (C=O) groups excluding carboxylic acids is 1. The molecule has 0 aromatic carbocycles. The largest absolute Gasteiger partial charge is 0.464 e. The lowest BCUT2D eigenvalue weighted by atomic mass is 10.1. The van der Waals surface area contributed by atoms with Crippen LogP contribution in [0.15, 0.2) is 36.7 Å². The standard InChI is InChI=1S/C15H14N2O2/c1-19-15(18)14-12(10-4-5-10)6-7-13(17-14)11-3-2-8-16-9-11/h2-3,6-10H,4-5H2,1H3. The fourth-order valence-electron chi connectivity index (χ4n) is 2.13. The van der Waals surface area contributed by atoms with Gasteiger partial charge in [-0.3, -0.25) is 4.98 Å². The van der Waals surface area contributed by atoms with Crippen LogP contribution in [0.1, 0.15) is 34.8 Å². The van der Waals surface area contributed by atoms with Gasteiger partial charge in [-0.1, -0.05) is 6.07 Å². The van der Waals surface area contributed by atoms with Crippen LogP contribution in [0, 0.1) is 0 Å². The smallest absolute Gasteiger partial charge is 0.356 e. The number of carbonyl (C=O) groups is 1. The molecule has 4 nitrogen and oxygen atoms in total. The topological polar surface area (TPSA) is 52.1 Å². The third-order valence-electron chi connectivity index (χ3n) is 3.28. The molecule has 0 radical (unpaired) electrons. The van der Waals surface area contributed by atoms with E-state index in [9.17, 15) is 4.79 Å². The lowest BCUT2D eigenvalue weighted by Gasteiger charge is -2.08. The second-order valence-corrected chi connectivity index (χ2v) is 4.64. The first-order valence-corrected chi connectivity index (χ1v) is 6.29. The Morgan fingerprint density at radius 2 is 2.16 bits per heavy atom. The molecule has 1 aliphatic carbocycles. The molecule has 0 atom stereocenters. The summed E-state index contributed by atoms with van der Waals surface area (Å²) in [7, 11) is 1.39. The van der Waals surface area contributed by atoms with Crippen LogP contribution in [0.2, 0.25) is 0 Å². The van der Waals surface area contributed by atoms with E-state index in [2.05, 4.69) is 9.97 Å². The average molecular weight is 254 g/mol. The molecule has 3 rings (SSSR count). The molecule has 0 unspecified atom stereocenters. The highest BCUT2D eigenvalue weighted by Crippen LogP contribution is 2.41. The van der Waals surface area contributed by atoms with Gasteiger partial charge >= 0.3 is 5.97 Å². The summed E-state index contributed by atoms with van der Waals surface area (Å²) in [5.41, 5.74) is 3.08. The zero-order valence-corrected chi connectivity index (χ0v) is 10.7. The molecule has 0 aliphatic heterocycles. The van der Waals surface area contributed by atoms with Crippen molar-refractivity contribution in [3.8, 4) is 11.3 Å². The van der Waals surface area contributed by atoms with E-state index in [0.29, 0.717) is 11.6 Å². The molecule has 2 heterocycles. The van der Waals surface area contributed by atoms with Gasteiger partial charge in [-0.2, -0.15) is 0 Å². The number of pyridine rings is 2. The first kappa shape index (κ1) is 11.8. The molecule has 19 heavy (non-hydrogen) atoms. The number of rotatable bonds is 3. The van der Waals surface area contributed by atoms with Crippen molar-refractivity contribution in [3.05, 3.63) is 47.9 Å². The van der Waals surface area contributed by atoms with Gasteiger partial charge in [-0.05, 0) is 42.5 Å². The molecule has 0 amide bonds. The van der Waals surface area contributed by atoms with Gasteiger partial charge in [0.15, 0.2) is 5.69 Å². The van der Waals surface area contributed by atoms with Gasteiger partial charge < -0.3 is 4.74 Å².